The number of nitrogens with zero attached hydrogens (tertiary/aromatic N) is 2. The number of carbonyl (C=O) groups excluding carboxylic acids is 1. The molecule has 2 unspecified atom stereocenters. The maximum absolute atomic E-state index is 11.3. The Hall–Kier alpha value is -1.10. The van der Waals surface area contributed by atoms with Gasteiger partial charge in [0.25, 0.3) is 0 Å². The van der Waals surface area contributed by atoms with Crippen LogP contribution < -0.4 is 10.6 Å². The summed E-state index contributed by atoms with van der Waals surface area (Å²) in [5, 5.41) is 0. The highest BCUT2D eigenvalue weighted by Crippen LogP contribution is 2.32. The highest BCUT2D eigenvalue weighted by Gasteiger charge is 2.29. The first-order valence-electron chi connectivity index (χ1n) is 5.75. The maximum atomic E-state index is 11.3. The zero-order valence-electron chi connectivity index (χ0n) is 9.77. The number of primary amides is 1. The SMILES string of the molecule is CC1CCC(C(N)=O)CN1c1ccncc1Br. The average molecular weight is 298 g/mol. The van der Waals surface area contributed by atoms with E-state index in [0.717, 1.165) is 23.0 Å². The van der Waals surface area contributed by atoms with Crippen molar-refractivity contribution >= 4 is 27.5 Å². The minimum absolute atomic E-state index is 0.0498. The lowest BCUT2D eigenvalue weighted by atomic mass is 9.92. The Labute approximate surface area is 109 Å². The quantitative estimate of drug-likeness (QED) is 0.907. The number of halogens is 1. The number of amides is 1. The fourth-order valence-corrected chi connectivity index (χ4v) is 2.75. The van der Waals surface area contributed by atoms with Gasteiger partial charge < -0.3 is 10.6 Å². The zero-order chi connectivity index (χ0) is 12.4. The average Bonchev–Trinajstić information content (AvgIpc) is 2.30. The molecule has 1 fully saturated rings. The van der Waals surface area contributed by atoms with Gasteiger partial charge in [-0.1, -0.05) is 0 Å². The molecule has 2 rings (SSSR count). The molecule has 1 aliphatic rings. The number of pyridine rings is 1. The molecule has 0 aliphatic carbocycles. The minimum Gasteiger partial charge on any atom is -0.369 e. The lowest BCUT2D eigenvalue weighted by molar-refractivity contribution is -0.122. The van der Waals surface area contributed by atoms with E-state index in [4.69, 9.17) is 5.73 Å². The summed E-state index contributed by atoms with van der Waals surface area (Å²) in [5.41, 5.74) is 6.48. The van der Waals surface area contributed by atoms with Gasteiger partial charge in [-0.05, 0) is 41.8 Å². The van der Waals surface area contributed by atoms with Gasteiger partial charge in [-0.3, -0.25) is 9.78 Å². The molecule has 5 heteroatoms. The van der Waals surface area contributed by atoms with Gasteiger partial charge in [-0.2, -0.15) is 0 Å². The van der Waals surface area contributed by atoms with Gasteiger partial charge in [0.1, 0.15) is 0 Å². The predicted octanol–water partition coefficient (Wildman–Crippen LogP) is 1.93. The lowest BCUT2D eigenvalue weighted by Gasteiger charge is -2.39. The van der Waals surface area contributed by atoms with Crippen LogP contribution in [-0.2, 0) is 4.79 Å². The van der Waals surface area contributed by atoms with Crippen LogP contribution in [0.4, 0.5) is 5.69 Å². The normalized spacial score (nSPS) is 24.7. The van der Waals surface area contributed by atoms with Crippen molar-refractivity contribution in [3.8, 4) is 0 Å². The topological polar surface area (TPSA) is 59.2 Å². The third-order valence-electron chi connectivity index (χ3n) is 3.34. The summed E-state index contributed by atoms with van der Waals surface area (Å²) in [6, 6.07) is 2.38. The number of anilines is 1. The molecule has 1 aromatic heterocycles. The molecule has 2 heterocycles. The molecule has 0 aromatic carbocycles. The van der Waals surface area contributed by atoms with Crippen LogP contribution in [0.2, 0.25) is 0 Å². The van der Waals surface area contributed by atoms with Crippen LogP contribution in [0.3, 0.4) is 0 Å². The van der Waals surface area contributed by atoms with E-state index in [1.165, 1.54) is 0 Å². The first kappa shape index (κ1) is 12.4. The van der Waals surface area contributed by atoms with Crippen LogP contribution in [0, 0.1) is 5.92 Å². The standard InChI is InChI=1S/C12H16BrN3O/c1-8-2-3-9(12(14)17)7-16(8)11-4-5-15-6-10(11)13/h4-6,8-9H,2-3,7H2,1H3,(H2,14,17). The summed E-state index contributed by atoms with van der Waals surface area (Å²) in [4.78, 5) is 17.6. The van der Waals surface area contributed by atoms with Crippen molar-refractivity contribution in [1.82, 2.24) is 4.98 Å². The van der Waals surface area contributed by atoms with Crippen LogP contribution in [-0.4, -0.2) is 23.5 Å². The highest BCUT2D eigenvalue weighted by molar-refractivity contribution is 9.10. The second-order valence-corrected chi connectivity index (χ2v) is 5.36. The van der Waals surface area contributed by atoms with Crippen molar-refractivity contribution in [3.63, 3.8) is 0 Å². The molecule has 2 atom stereocenters. The van der Waals surface area contributed by atoms with E-state index in [1.807, 2.05) is 6.07 Å². The molecule has 1 aromatic rings. The van der Waals surface area contributed by atoms with Gasteiger partial charge in [0.05, 0.1) is 16.1 Å². The molecule has 4 nitrogen and oxygen atoms in total. The van der Waals surface area contributed by atoms with E-state index in [2.05, 4.69) is 32.7 Å². The van der Waals surface area contributed by atoms with Gasteiger partial charge in [-0.25, -0.2) is 0 Å². The minimum atomic E-state index is -0.202. The van der Waals surface area contributed by atoms with Crippen LogP contribution >= 0.6 is 15.9 Å². The van der Waals surface area contributed by atoms with Crippen LogP contribution in [0.1, 0.15) is 19.8 Å². The van der Waals surface area contributed by atoms with E-state index in [0.29, 0.717) is 12.6 Å². The molecule has 0 spiro atoms. The lowest BCUT2D eigenvalue weighted by Crippen LogP contribution is -2.46. The van der Waals surface area contributed by atoms with Crippen molar-refractivity contribution in [2.24, 2.45) is 11.7 Å². The number of hydrogen-bond acceptors (Lipinski definition) is 3. The van der Waals surface area contributed by atoms with Crippen LogP contribution in [0.5, 0.6) is 0 Å². The smallest absolute Gasteiger partial charge is 0.222 e. The Morgan fingerprint density at radius 3 is 3.00 bits per heavy atom. The van der Waals surface area contributed by atoms with E-state index in [9.17, 15) is 4.79 Å². The number of nitrogens with two attached hydrogens (primary N) is 1. The van der Waals surface area contributed by atoms with Gasteiger partial charge in [0.15, 0.2) is 0 Å². The van der Waals surface area contributed by atoms with Crippen molar-refractivity contribution in [2.75, 3.05) is 11.4 Å². The number of piperidine rings is 1. The Morgan fingerprint density at radius 2 is 2.35 bits per heavy atom. The van der Waals surface area contributed by atoms with Crippen molar-refractivity contribution < 1.29 is 4.79 Å². The van der Waals surface area contributed by atoms with E-state index in [1.54, 1.807) is 12.4 Å². The second-order valence-electron chi connectivity index (χ2n) is 4.51. The monoisotopic (exact) mass is 297 g/mol. The molecule has 17 heavy (non-hydrogen) atoms. The molecule has 0 radical (unpaired) electrons. The van der Waals surface area contributed by atoms with E-state index < -0.39 is 0 Å². The van der Waals surface area contributed by atoms with Crippen molar-refractivity contribution in [3.05, 3.63) is 22.9 Å². The number of carbonyl (C=O) groups is 1. The summed E-state index contributed by atoms with van der Waals surface area (Å²) < 4.78 is 0.956. The Kier molecular flexibility index (Phi) is 3.66. The van der Waals surface area contributed by atoms with Gasteiger partial charge >= 0.3 is 0 Å². The molecule has 1 aliphatic heterocycles. The molecule has 2 N–H and O–H groups in total. The molecule has 0 bridgehead atoms. The molecule has 1 saturated heterocycles. The van der Waals surface area contributed by atoms with Gasteiger partial charge in [0.2, 0.25) is 5.91 Å². The van der Waals surface area contributed by atoms with Crippen LogP contribution in [0.25, 0.3) is 0 Å². The molecule has 1 amide bonds. The second kappa shape index (κ2) is 5.04. The Balaban J connectivity index is 2.24. The first-order valence-corrected chi connectivity index (χ1v) is 6.54. The summed E-state index contributed by atoms with van der Waals surface area (Å²) in [5.74, 6) is -0.252. The zero-order valence-corrected chi connectivity index (χ0v) is 11.4. The molecule has 0 saturated carbocycles. The predicted molar refractivity (Wildman–Crippen MR) is 70.7 cm³/mol. The Morgan fingerprint density at radius 1 is 1.59 bits per heavy atom. The summed E-state index contributed by atoms with van der Waals surface area (Å²) in [6.45, 7) is 2.86. The number of rotatable bonds is 2. The molecular formula is C12H16BrN3O. The van der Waals surface area contributed by atoms with Crippen LogP contribution in [0.15, 0.2) is 22.9 Å². The largest absolute Gasteiger partial charge is 0.369 e. The van der Waals surface area contributed by atoms with E-state index in [-0.39, 0.29) is 11.8 Å². The maximum Gasteiger partial charge on any atom is 0.222 e. The van der Waals surface area contributed by atoms with Crippen molar-refractivity contribution in [2.45, 2.75) is 25.8 Å². The molecular weight excluding hydrogens is 282 g/mol. The first-order chi connectivity index (χ1) is 8.09. The van der Waals surface area contributed by atoms with E-state index >= 15 is 0 Å². The third-order valence-corrected chi connectivity index (χ3v) is 3.96. The number of aromatic nitrogens is 1. The Bertz CT molecular complexity index is 424. The fourth-order valence-electron chi connectivity index (χ4n) is 2.28. The number of hydrogen-bond donors (Lipinski definition) is 1. The highest BCUT2D eigenvalue weighted by atomic mass is 79.9. The van der Waals surface area contributed by atoms with Crippen molar-refractivity contribution in [1.29, 1.82) is 0 Å². The summed E-state index contributed by atoms with van der Waals surface area (Å²) in [6.07, 6.45) is 5.41. The molecule has 92 valence electrons. The summed E-state index contributed by atoms with van der Waals surface area (Å²) in [7, 11) is 0. The third kappa shape index (κ3) is 2.60. The van der Waals surface area contributed by atoms with Gasteiger partial charge in [0, 0.05) is 25.0 Å². The van der Waals surface area contributed by atoms with Gasteiger partial charge in [-0.15, -0.1) is 0 Å². The summed E-state index contributed by atoms with van der Waals surface area (Å²) >= 11 is 3.50. The fraction of sp³-hybridized carbons (Fsp3) is 0.500.